The first kappa shape index (κ1) is 15.1. The van der Waals surface area contributed by atoms with E-state index in [1.165, 1.54) is 37.7 Å². The summed E-state index contributed by atoms with van der Waals surface area (Å²) < 4.78 is 0. The molecule has 0 aliphatic heterocycles. The van der Waals surface area contributed by atoms with Gasteiger partial charge in [-0.15, -0.1) is 0 Å². The maximum Gasteiger partial charge on any atom is 0.0102 e. The SMILES string of the molecule is CC(C)(C)C1CCC(C(N)C2CC2c2ccccc2)CC1. The molecule has 116 valence electrons. The summed E-state index contributed by atoms with van der Waals surface area (Å²) in [5.41, 5.74) is 8.61. The zero-order valence-electron chi connectivity index (χ0n) is 13.9. The first-order valence-electron chi connectivity index (χ1n) is 8.77. The van der Waals surface area contributed by atoms with Crippen LogP contribution < -0.4 is 5.73 Å². The Hall–Kier alpha value is -0.820. The van der Waals surface area contributed by atoms with E-state index in [0.29, 0.717) is 11.5 Å². The van der Waals surface area contributed by atoms with Gasteiger partial charge in [-0.25, -0.2) is 0 Å². The van der Waals surface area contributed by atoms with Crippen molar-refractivity contribution in [2.75, 3.05) is 0 Å². The van der Waals surface area contributed by atoms with Crippen LogP contribution in [0.4, 0.5) is 0 Å². The summed E-state index contributed by atoms with van der Waals surface area (Å²) in [5, 5.41) is 0. The molecule has 0 aromatic heterocycles. The van der Waals surface area contributed by atoms with Gasteiger partial charge < -0.3 is 5.73 Å². The Morgan fingerprint density at radius 2 is 1.62 bits per heavy atom. The number of nitrogens with two attached hydrogens (primary N) is 1. The van der Waals surface area contributed by atoms with Crippen LogP contribution in [0, 0.1) is 23.2 Å². The van der Waals surface area contributed by atoms with E-state index in [1.807, 2.05) is 0 Å². The highest BCUT2D eigenvalue weighted by molar-refractivity contribution is 5.26. The molecular formula is C20H31N. The van der Waals surface area contributed by atoms with Gasteiger partial charge in [-0.2, -0.15) is 0 Å². The lowest BCUT2D eigenvalue weighted by atomic mass is 9.68. The summed E-state index contributed by atoms with van der Waals surface area (Å²) in [4.78, 5) is 0. The van der Waals surface area contributed by atoms with E-state index in [1.54, 1.807) is 0 Å². The van der Waals surface area contributed by atoms with E-state index in [4.69, 9.17) is 5.73 Å². The Morgan fingerprint density at radius 3 is 2.19 bits per heavy atom. The molecule has 0 spiro atoms. The van der Waals surface area contributed by atoms with E-state index in [9.17, 15) is 0 Å². The average molecular weight is 285 g/mol. The molecule has 0 saturated heterocycles. The van der Waals surface area contributed by atoms with Gasteiger partial charge in [0.25, 0.3) is 0 Å². The van der Waals surface area contributed by atoms with Gasteiger partial charge in [0.05, 0.1) is 0 Å². The highest BCUT2D eigenvalue weighted by atomic mass is 14.7. The molecule has 1 aromatic carbocycles. The highest BCUT2D eigenvalue weighted by Gasteiger charge is 2.45. The van der Waals surface area contributed by atoms with E-state index < -0.39 is 0 Å². The lowest BCUT2D eigenvalue weighted by Crippen LogP contribution is -2.37. The van der Waals surface area contributed by atoms with E-state index >= 15 is 0 Å². The molecule has 2 aliphatic carbocycles. The van der Waals surface area contributed by atoms with Crippen LogP contribution in [0.3, 0.4) is 0 Å². The van der Waals surface area contributed by atoms with Gasteiger partial charge in [0, 0.05) is 6.04 Å². The predicted molar refractivity (Wildman–Crippen MR) is 90.2 cm³/mol. The van der Waals surface area contributed by atoms with Crippen LogP contribution >= 0.6 is 0 Å². The highest BCUT2D eigenvalue weighted by Crippen LogP contribution is 2.52. The van der Waals surface area contributed by atoms with Crippen LogP contribution in [0.1, 0.15) is 64.4 Å². The van der Waals surface area contributed by atoms with Crippen molar-refractivity contribution in [1.29, 1.82) is 0 Å². The maximum atomic E-state index is 6.64. The standard InChI is InChI=1S/C20H31N/c1-20(2,3)16-11-9-15(10-12-16)19(21)18-13-17(18)14-7-5-4-6-8-14/h4-8,15-19H,9-13,21H2,1-3H3. The van der Waals surface area contributed by atoms with Gasteiger partial charge in [0.1, 0.15) is 0 Å². The van der Waals surface area contributed by atoms with E-state index in [-0.39, 0.29) is 0 Å². The van der Waals surface area contributed by atoms with Crippen molar-refractivity contribution in [2.45, 2.75) is 64.8 Å². The third kappa shape index (κ3) is 3.34. The molecule has 0 bridgehead atoms. The second kappa shape index (κ2) is 5.76. The third-order valence-electron chi connectivity index (χ3n) is 6.10. The first-order valence-corrected chi connectivity index (χ1v) is 8.77. The molecule has 21 heavy (non-hydrogen) atoms. The smallest absolute Gasteiger partial charge is 0.0102 e. The third-order valence-corrected chi connectivity index (χ3v) is 6.10. The summed E-state index contributed by atoms with van der Waals surface area (Å²) in [6.07, 6.45) is 6.77. The van der Waals surface area contributed by atoms with Crippen LogP contribution in [-0.2, 0) is 0 Å². The Labute approximate surface area is 130 Å². The van der Waals surface area contributed by atoms with Gasteiger partial charge in [-0.1, -0.05) is 51.1 Å². The van der Waals surface area contributed by atoms with Crippen molar-refractivity contribution in [3.8, 4) is 0 Å². The topological polar surface area (TPSA) is 26.0 Å². The maximum absolute atomic E-state index is 6.64. The Morgan fingerprint density at radius 1 is 1.00 bits per heavy atom. The van der Waals surface area contributed by atoms with E-state index in [0.717, 1.165) is 23.7 Å². The summed E-state index contributed by atoms with van der Waals surface area (Å²) >= 11 is 0. The number of rotatable bonds is 3. The van der Waals surface area contributed by atoms with Crippen molar-refractivity contribution in [1.82, 2.24) is 0 Å². The minimum absolute atomic E-state index is 0.427. The van der Waals surface area contributed by atoms with Crippen LogP contribution in [0.5, 0.6) is 0 Å². The van der Waals surface area contributed by atoms with Crippen LogP contribution in [0.15, 0.2) is 30.3 Å². The van der Waals surface area contributed by atoms with Crippen LogP contribution in [0.25, 0.3) is 0 Å². The largest absolute Gasteiger partial charge is 0.327 e. The van der Waals surface area contributed by atoms with Crippen LogP contribution in [0.2, 0.25) is 0 Å². The van der Waals surface area contributed by atoms with Crippen molar-refractivity contribution in [3.63, 3.8) is 0 Å². The Bertz CT molecular complexity index is 450. The summed E-state index contributed by atoms with van der Waals surface area (Å²) in [6, 6.07) is 11.4. The molecule has 2 fully saturated rings. The Balaban J connectivity index is 1.53. The minimum Gasteiger partial charge on any atom is -0.327 e. The van der Waals surface area contributed by atoms with Crippen molar-refractivity contribution >= 4 is 0 Å². The molecule has 3 unspecified atom stereocenters. The fraction of sp³-hybridized carbons (Fsp3) is 0.700. The molecule has 1 heteroatoms. The fourth-order valence-electron chi connectivity index (χ4n) is 4.44. The molecule has 0 amide bonds. The van der Waals surface area contributed by atoms with Crippen molar-refractivity contribution in [3.05, 3.63) is 35.9 Å². The fourth-order valence-corrected chi connectivity index (χ4v) is 4.44. The zero-order chi connectivity index (χ0) is 15.0. The molecule has 0 radical (unpaired) electrons. The van der Waals surface area contributed by atoms with E-state index in [2.05, 4.69) is 51.1 Å². The average Bonchev–Trinajstić information content (AvgIpc) is 3.27. The molecule has 1 nitrogen and oxygen atoms in total. The summed E-state index contributed by atoms with van der Waals surface area (Å²) in [5.74, 6) is 3.14. The molecule has 3 atom stereocenters. The molecule has 3 rings (SSSR count). The number of hydrogen-bond acceptors (Lipinski definition) is 1. The quantitative estimate of drug-likeness (QED) is 0.833. The Kier molecular flexibility index (Phi) is 4.14. The van der Waals surface area contributed by atoms with Gasteiger partial charge in [-0.3, -0.25) is 0 Å². The lowest BCUT2D eigenvalue weighted by Gasteiger charge is -2.39. The molecule has 2 N–H and O–H groups in total. The number of hydrogen-bond donors (Lipinski definition) is 1. The van der Waals surface area contributed by atoms with Gasteiger partial charge in [0.2, 0.25) is 0 Å². The molecule has 0 heterocycles. The van der Waals surface area contributed by atoms with Crippen molar-refractivity contribution < 1.29 is 0 Å². The molecule has 2 aliphatic rings. The summed E-state index contributed by atoms with van der Waals surface area (Å²) in [6.45, 7) is 7.18. The summed E-state index contributed by atoms with van der Waals surface area (Å²) in [7, 11) is 0. The van der Waals surface area contributed by atoms with Gasteiger partial charge >= 0.3 is 0 Å². The first-order chi connectivity index (χ1) is 9.97. The molecule has 1 aromatic rings. The van der Waals surface area contributed by atoms with Crippen molar-refractivity contribution in [2.24, 2.45) is 28.9 Å². The van der Waals surface area contributed by atoms with Gasteiger partial charge in [0.15, 0.2) is 0 Å². The lowest BCUT2D eigenvalue weighted by molar-refractivity contribution is 0.135. The second-order valence-electron chi connectivity index (χ2n) is 8.47. The molecule has 2 saturated carbocycles. The monoisotopic (exact) mass is 285 g/mol. The zero-order valence-corrected chi connectivity index (χ0v) is 13.9. The van der Waals surface area contributed by atoms with Crippen LogP contribution in [-0.4, -0.2) is 6.04 Å². The normalized spacial score (nSPS) is 34.5. The second-order valence-corrected chi connectivity index (χ2v) is 8.47. The molecular weight excluding hydrogens is 254 g/mol. The number of benzene rings is 1. The van der Waals surface area contributed by atoms with Gasteiger partial charge in [-0.05, 0) is 66.8 Å². The minimum atomic E-state index is 0.427. The predicted octanol–water partition coefficient (Wildman–Crippen LogP) is 4.97.